The number of hydrogen-bond acceptors (Lipinski definition) is 6. The summed E-state index contributed by atoms with van der Waals surface area (Å²) < 4.78 is 16.7. The molecule has 0 aliphatic carbocycles. The van der Waals surface area contributed by atoms with Crippen molar-refractivity contribution in [2.75, 3.05) is 5.32 Å². The summed E-state index contributed by atoms with van der Waals surface area (Å²) in [5, 5.41) is 14.3. The summed E-state index contributed by atoms with van der Waals surface area (Å²) in [4.78, 5) is 36.2. The number of carbonyl (C=O) groups excluding carboxylic acids is 1. The Labute approximate surface area is 198 Å². The number of rotatable bonds is 8. The Kier molecular flexibility index (Phi) is 6.64. The van der Waals surface area contributed by atoms with Crippen LogP contribution in [0.1, 0.15) is 57.9 Å². The number of carbonyl (C=O) groups is 2. The number of aromatic nitrogens is 5. The van der Waals surface area contributed by atoms with Crippen LogP contribution in [0.3, 0.4) is 0 Å². The van der Waals surface area contributed by atoms with E-state index in [1.165, 1.54) is 23.6 Å². The Bertz CT molecular complexity index is 1370. The number of carboxylic acid groups (broad SMARTS) is 1. The van der Waals surface area contributed by atoms with Gasteiger partial charge < -0.3 is 14.2 Å². The van der Waals surface area contributed by atoms with Crippen molar-refractivity contribution in [3.8, 4) is 0 Å². The van der Waals surface area contributed by atoms with E-state index in [1.807, 2.05) is 13.8 Å². The monoisotopic (exact) mass is 480 g/mol. The molecule has 0 unspecified atom stereocenters. The van der Waals surface area contributed by atoms with Gasteiger partial charge in [0.05, 0.1) is 11.4 Å². The first-order valence-electron chi connectivity index (χ1n) is 10.3. The van der Waals surface area contributed by atoms with Crippen LogP contribution < -0.4 is 5.32 Å². The van der Waals surface area contributed by atoms with E-state index < -0.39 is 11.9 Å². The smallest absolute Gasteiger partial charge is 0.372 e. The lowest BCUT2D eigenvalue weighted by Crippen LogP contribution is -2.17. The highest BCUT2D eigenvalue weighted by molar-refractivity contribution is 7.14. The molecule has 4 rings (SSSR count). The molecule has 0 radical (unpaired) electrons. The zero-order chi connectivity index (χ0) is 24.2. The van der Waals surface area contributed by atoms with E-state index in [2.05, 4.69) is 20.3 Å². The fraction of sp³-hybridized carbons (Fsp3) is 0.174. The Morgan fingerprint density at radius 2 is 2.03 bits per heavy atom. The third-order valence-electron chi connectivity index (χ3n) is 4.87. The second-order valence-corrected chi connectivity index (χ2v) is 8.53. The number of thiazole rings is 1. The summed E-state index contributed by atoms with van der Waals surface area (Å²) in [5.41, 5.74) is 2.18. The molecule has 0 bridgehead atoms. The van der Waals surface area contributed by atoms with Crippen molar-refractivity contribution >= 4 is 40.5 Å². The number of aromatic carboxylic acids is 1. The largest absolute Gasteiger partial charge is 0.475 e. The minimum Gasteiger partial charge on any atom is -0.475 e. The molecular formula is C23H21FN6O3S. The van der Waals surface area contributed by atoms with Crippen molar-refractivity contribution in [1.29, 1.82) is 0 Å². The fourth-order valence-corrected chi connectivity index (χ4v) is 3.97. The van der Waals surface area contributed by atoms with Gasteiger partial charge in [-0.3, -0.25) is 10.1 Å². The Balaban J connectivity index is 1.44. The van der Waals surface area contributed by atoms with Gasteiger partial charge in [-0.1, -0.05) is 0 Å². The third-order valence-corrected chi connectivity index (χ3v) is 5.65. The van der Waals surface area contributed by atoms with Crippen LogP contribution in [-0.4, -0.2) is 41.1 Å². The van der Waals surface area contributed by atoms with Crippen LogP contribution in [0.2, 0.25) is 0 Å². The molecule has 0 aliphatic rings. The average Bonchev–Trinajstić information content (AvgIpc) is 3.52. The lowest BCUT2D eigenvalue weighted by Gasteiger charge is -2.09. The summed E-state index contributed by atoms with van der Waals surface area (Å²) in [7, 11) is 0. The van der Waals surface area contributed by atoms with Crippen LogP contribution in [-0.2, 0) is 6.54 Å². The highest BCUT2D eigenvalue weighted by Crippen LogP contribution is 2.20. The van der Waals surface area contributed by atoms with E-state index in [1.54, 1.807) is 57.3 Å². The quantitative estimate of drug-likeness (QED) is 0.361. The first-order valence-corrected chi connectivity index (χ1v) is 11.2. The van der Waals surface area contributed by atoms with Crippen molar-refractivity contribution in [3.05, 3.63) is 82.7 Å². The molecular weight excluding hydrogens is 459 g/mol. The molecule has 0 saturated heterocycles. The van der Waals surface area contributed by atoms with Gasteiger partial charge in [-0.2, -0.15) is 4.39 Å². The minimum atomic E-state index is -1.09. The number of halogens is 1. The molecule has 4 heterocycles. The van der Waals surface area contributed by atoms with E-state index in [0.29, 0.717) is 34.3 Å². The molecule has 0 spiro atoms. The number of carboxylic acids is 1. The number of nitrogens with one attached hydrogen (secondary N) is 1. The molecule has 1 amide bonds. The highest BCUT2D eigenvalue weighted by Gasteiger charge is 2.16. The van der Waals surface area contributed by atoms with Crippen molar-refractivity contribution in [3.63, 3.8) is 0 Å². The average molecular weight is 481 g/mol. The predicted molar refractivity (Wildman–Crippen MR) is 126 cm³/mol. The van der Waals surface area contributed by atoms with E-state index in [0.717, 1.165) is 0 Å². The lowest BCUT2D eigenvalue weighted by molar-refractivity contribution is 0.0676. The van der Waals surface area contributed by atoms with Crippen LogP contribution in [0.25, 0.3) is 12.2 Å². The van der Waals surface area contributed by atoms with Crippen LogP contribution in [0, 0.1) is 5.95 Å². The number of hydrogen-bond donors (Lipinski definition) is 2. The van der Waals surface area contributed by atoms with Gasteiger partial charge in [0.25, 0.3) is 5.91 Å². The Morgan fingerprint density at radius 1 is 1.24 bits per heavy atom. The van der Waals surface area contributed by atoms with Gasteiger partial charge >= 0.3 is 5.97 Å². The predicted octanol–water partition coefficient (Wildman–Crippen LogP) is 4.43. The molecule has 0 atom stereocenters. The molecule has 11 heteroatoms. The number of amides is 1. The Morgan fingerprint density at radius 3 is 2.74 bits per heavy atom. The van der Waals surface area contributed by atoms with Gasteiger partial charge in [0.1, 0.15) is 5.69 Å². The van der Waals surface area contributed by atoms with E-state index in [9.17, 15) is 19.1 Å². The molecule has 4 aromatic heterocycles. The molecule has 2 N–H and O–H groups in total. The number of anilines is 1. The summed E-state index contributed by atoms with van der Waals surface area (Å²) in [6.45, 7) is 4.08. The van der Waals surface area contributed by atoms with E-state index in [4.69, 9.17) is 0 Å². The molecule has 174 valence electrons. The van der Waals surface area contributed by atoms with Crippen LogP contribution in [0.15, 0.2) is 48.2 Å². The zero-order valence-corrected chi connectivity index (χ0v) is 19.2. The van der Waals surface area contributed by atoms with E-state index in [-0.39, 0.29) is 17.8 Å². The summed E-state index contributed by atoms with van der Waals surface area (Å²) in [6, 6.07) is 6.38. The number of imidazole rings is 1. The summed E-state index contributed by atoms with van der Waals surface area (Å²) in [6.07, 6.45) is 8.16. The highest BCUT2D eigenvalue weighted by atomic mass is 32.1. The van der Waals surface area contributed by atoms with Crippen molar-refractivity contribution in [1.82, 2.24) is 24.1 Å². The molecule has 9 nitrogen and oxygen atoms in total. The van der Waals surface area contributed by atoms with Crippen molar-refractivity contribution < 1.29 is 19.1 Å². The SMILES string of the molecule is CC(C)n1cc(/C=C/c2csc(NC(=O)c3cccn3Cc3ccnc(F)c3)n2)nc1C(=O)O. The number of pyridine rings is 1. The summed E-state index contributed by atoms with van der Waals surface area (Å²) in [5.74, 6) is -2.04. The van der Waals surface area contributed by atoms with E-state index >= 15 is 0 Å². The van der Waals surface area contributed by atoms with Crippen LogP contribution in [0.4, 0.5) is 9.52 Å². The molecule has 0 saturated carbocycles. The fourth-order valence-electron chi connectivity index (χ4n) is 3.29. The zero-order valence-electron chi connectivity index (χ0n) is 18.3. The summed E-state index contributed by atoms with van der Waals surface area (Å²) >= 11 is 1.26. The van der Waals surface area contributed by atoms with Crippen LogP contribution >= 0.6 is 11.3 Å². The van der Waals surface area contributed by atoms with Gasteiger partial charge in [0, 0.05) is 36.6 Å². The van der Waals surface area contributed by atoms with Crippen LogP contribution in [0.5, 0.6) is 0 Å². The third kappa shape index (κ3) is 5.26. The second-order valence-electron chi connectivity index (χ2n) is 7.67. The van der Waals surface area contributed by atoms with Gasteiger partial charge in [0.15, 0.2) is 5.13 Å². The standard InChI is InChI=1S/C23H21FN6O3S/c1-14(2)30-12-16(26-20(30)22(32)33)5-6-17-13-34-23(27-17)28-21(31)18-4-3-9-29(18)11-15-7-8-25-19(24)10-15/h3-10,12-14H,11H2,1-2H3,(H,32,33)(H,27,28,31)/b6-5+. The van der Waals surface area contributed by atoms with Crippen molar-refractivity contribution in [2.45, 2.75) is 26.4 Å². The molecule has 34 heavy (non-hydrogen) atoms. The van der Waals surface area contributed by atoms with Gasteiger partial charge in [-0.05, 0) is 55.8 Å². The minimum absolute atomic E-state index is 0.0293. The molecule has 0 aliphatic heterocycles. The first kappa shape index (κ1) is 23.1. The van der Waals surface area contributed by atoms with Crippen molar-refractivity contribution in [2.24, 2.45) is 0 Å². The molecule has 0 aromatic carbocycles. The maximum Gasteiger partial charge on any atom is 0.372 e. The topological polar surface area (TPSA) is 115 Å². The second kappa shape index (κ2) is 9.79. The Hall–Kier alpha value is -4.12. The van der Waals surface area contributed by atoms with Gasteiger partial charge in [-0.25, -0.2) is 19.7 Å². The maximum absolute atomic E-state index is 13.4. The van der Waals surface area contributed by atoms with Gasteiger partial charge in [0.2, 0.25) is 11.8 Å². The normalized spacial score (nSPS) is 11.4. The molecule has 0 fully saturated rings. The lowest BCUT2D eigenvalue weighted by atomic mass is 10.2. The number of nitrogens with zero attached hydrogens (tertiary/aromatic N) is 5. The first-order chi connectivity index (χ1) is 16.3. The maximum atomic E-state index is 13.4. The van der Waals surface area contributed by atoms with Gasteiger partial charge in [-0.15, -0.1) is 11.3 Å². The molecule has 4 aromatic rings.